The number of aliphatic hydroxyl groups is 1. The zero-order valence-electron chi connectivity index (χ0n) is 18.0. The van der Waals surface area contributed by atoms with E-state index in [4.69, 9.17) is 10.1 Å². The number of rotatable bonds is 5. The summed E-state index contributed by atoms with van der Waals surface area (Å²) in [6.45, 7) is 1.99. The Morgan fingerprint density at radius 3 is 2.47 bits per heavy atom. The minimum absolute atomic E-state index is 0.0700. The largest absolute Gasteiger partial charge is 0.496 e. The third kappa shape index (κ3) is 3.44. The number of pyridine rings is 1. The highest BCUT2D eigenvalue weighted by atomic mass is 16.5. The number of hydrogen-bond donors (Lipinski definition) is 3. The molecule has 3 atom stereocenters. The number of benzene rings is 1. The van der Waals surface area contributed by atoms with Crippen molar-refractivity contribution in [2.45, 2.75) is 37.5 Å². The molecule has 1 aliphatic carbocycles. The number of ether oxygens (including phenoxy) is 1. The molecule has 0 saturated heterocycles. The van der Waals surface area contributed by atoms with Crippen LogP contribution in [0.1, 0.15) is 35.9 Å². The molecular formula is C25H24N5O2+. The summed E-state index contributed by atoms with van der Waals surface area (Å²) < 4.78 is 7.54. The molecule has 1 aromatic heterocycles. The summed E-state index contributed by atoms with van der Waals surface area (Å²) in [6, 6.07) is 14.9. The second-order valence-corrected chi connectivity index (χ2v) is 8.22. The maximum Gasteiger partial charge on any atom is 0.217 e. The van der Waals surface area contributed by atoms with Crippen LogP contribution >= 0.6 is 0 Å². The van der Waals surface area contributed by atoms with Crippen molar-refractivity contribution < 1.29 is 14.4 Å². The molecule has 2 aliphatic rings. The van der Waals surface area contributed by atoms with Gasteiger partial charge >= 0.3 is 0 Å². The molecule has 4 rings (SSSR count). The number of aromatic nitrogens is 1. The Hall–Kier alpha value is -3.90. The van der Waals surface area contributed by atoms with Crippen molar-refractivity contribution in [3.63, 3.8) is 0 Å². The first-order valence-corrected chi connectivity index (χ1v) is 10.4. The van der Waals surface area contributed by atoms with Gasteiger partial charge in [0.15, 0.2) is 12.4 Å². The Morgan fingerprint density at radius 2 is 1.91 bits per heavy atom. The average Bonchev–Trinajstić information content (AvgIpc) is 3.66. The van der Waals surface area contributed by atoms with Crippen molar-refractivity contribution >= 4 is 5.87 Å². The first-order chi connectivity index (χ1) is 15.5. The fourth-order valence-electron chi connectivity index (χ4n) is 4.59. The topological polar surface area (TPSA) is 117 Å². The molecule has 160 valence electrons. The second-order valence-electron chi connectivity index (χ2n) is 8.22. The maximum absolute atomic E-state index is 12.1. The summed E-state index contributed by atoms with van der Waals surface area (Å²) in [5.41, 5.74) is 0.649. The molecule has 0 unspecified atom stereocenters. The highest BCUT2D eigenvalue weighted by molar-refractivity contribution is 5.71. The van der Waals surface area contributed by atoms with Crippen LogP contribution in [0.15, 0.2) is 65.6 Å². The van der Waals surface area contributed by atoms with Crippen LogP contribution in [0.25, 0.3) is 0 Å². The fourth-order valence-corrected chi connectivity index (χ4v) is 4.59. The Kier molecular flexibility index (Phi) is 5.55. The third-order valence-electron chi connectivity index (χ3n) is 6.29. The summed E-state index contributed by atoms with van der Waals surface area (Å²) in [6.07, 6.45) is 5.43. The number of nitrogens with one attached hydrogen (secondary N) is 2. The van der Waals surface area contributed by atoms with E-state index in [0.29, 0.717) is 5.75 Å². The van der Waals surface area contributed by atoms with Gasteiger partial charge in [0.25, 0.3) is 0 Å². The van der Waals surface area contributed by atoms with Crippen LogP contribution in [0.3, 0.4) is 0 Å². The van der Waals surface area contributed by atoms with Crippen LogP contribution in [0.2, 0.25) is 0 Å². The molecule has 0 radical (unpaired) electrons. The SMILES string of the molecule is COc1ccccc1[C@H]1C(C#N)=C(C(=C=N)C#N)N[C@](O)(C2CC2)[C@@H]1[n+]1ccc(C)cc1. The van der Waals surface area contributed by atoms with Gasteiger partial charge in [0.1, 0.15) is 17.4 Å². The van der Waals surface area contributed by atoms with Crippen molar-refractivity contribution in [1.82, 2.24) is 5.32 Å². The lowest BCUT2D eigenvalue weighted by molar-refractivity contribution is -0.742. The van der Waals surface area contributed by atoms with E-state index in [0.717, 1.165) is 24.0 Å². The first kappa shape index (κ1) is 21.3. The standard InChI is InChI=1S/C25H24N5O2/c1-16-9-11-30(12-10-16)24-22(19-5-3-4-6-21(19)32-2)20(15-28)23(17(13-26)14-27)29-25(24,31)18-7-8-18/h3-6,9-12,18,22,24,26,29,31H,7-8H2,1-2H3/q+1/t22-,24+,25-/m0/s1. The van der Waals surface area contributed by atoms with Gasteiger partial charge in [0, 0.05) is 23.6 Å². The second kappa shape index (κ2) is 8.32. The highest BCUT2D eigenvalue weighted by Crippen LogP contribution is 2.53. The van der Waals surface area contributed by atoms with Gasteiger partial charge in [-0.1, -0.05) is 18.2 Å². The molecule has 1 aliphatic heterocycles. The van der Waals surface area contributed by atoms with E-state index in [2.05, 4.69) is 17.3 Å². The van der Waals surface area contributed by atoms with Crippen molar-refractivity contribution in [2.75, 3.05) is 7.11 Å². The summed E-state index contributed by atoms with van der Waals surface area (Å²) >= 11 is 0. The van der Waals surface area contributed by atoms with Crippen LogP contribution in [0.5, 0.6) is 5.75 Å². The van der Waals surface area contributed by atoms with Gasteiger partial charge in [-0.2, -0.15) is 15.1 Å². The van der Waals surface area contributed by atoms with Gasteiger partial charge in [-0.25, -0.2) is 0 Å². The van der Waals surface area contributed by atoms with Gasteiger partial charge in [-0.3, -0.25) is 5.41 Å². The lowest BCUT2D eigenvalue weighted by atomic mass is 9.73. The molecule has 0 spiro atoms. The van der Waals surface area contributed by atoms with Crippen LogP contribution < -0.4 is 14.6 Å². The van der Waals surface area contributed by atoms with Crippen molar-refractivity contribution in [3.8, 4) is 17.9 Å². The van der Waals surface area contributed by atoms with Gasteiger partial charge in [-0.15, -0.1) is 0 Å². The summed E-state index contributed by atoms with van der Waals surface area (Å²) in [4.78, 5) is 0. The number of nitrogens with zero attached hydrogens (tertiary/aromatic N) is 3. The highest BCUT2D eigenvalue weighted by Gasteiger charge is 2.61. The summed E-state index contributed by atoms with van der Waals surface area (Å²) in [5.74, 6) is 2.02. The number of hydrogen-bond acceptors (Lipinski definition) is 6. The molecule has 7 heteroatoms. The molecule has 2 heterocycles. The molecule has 2 aromatic rings. The Balaban J connectivity index is 2.07. The van der Waals surface area contributed by atoms with Crippen LogP contribution in [-0.2, 0) is 0 Å². The number of nitriles is 2. The van der Waals surface area contributed by atoms with Gasteiger partial charge < -0.3 is 15.2 Å². The molecular weight excluding hydrogens is 402 g/mol. The average molecular weight is 427 g/mol. The molecule has 3 N–H and O–H groups in total. The van der Waals surface area contributed by atoms with Crippen LogP contribution in [-0.4, -0.2) is 23.8 Å². The maximum atomic E-state index is 12.1. The lowest BCUT2D eigenvalue weighted by Crippen LogP contribution is -2.66. The normalized spacial score (nSPS) is 24.5. The Morgan fingerprint density at radius 1 is 1.22 bits per heavy atom. The van der Waals surface area contributed by atoms with Gasteiger partial charge in [0.2, 0.25) is 11.8 Å². The predicted molar refractivity (Wildman–Crippen MR) is 116 cm³/mol. The molecule has 0 bridgehead atoms. The van der Waals surface area contributed by atoms with Gasteiger partial charge in [-0.05, 0) is 37.3 Å². The summed E-state index contributed by atoms with van der Waals surface area (Å²) in [7, 11) is 1.57. The van der Waals surface area contributed by atoms with Crippen molar-refractivity contribution in [2.24, 2.45) is 5.92 Å². The predicted octanol–water partition coefficient (Wildman–Crippen LogP) is 2.79. The molecule has 0 amide bonds. The van der Waals surface area contributed by atoms with E-state index in [9.17, 15) is 15.6 Å². The van der Waals surface area contributed by atoms with Crippen molar-refractivity contribution in [3.05, 3.63) is 76.8 Å². The van der Waals surface area contributed by atoms with E-state index < -0.39 is 17.7 Å². The molecule has 1 saturated carbocycles. The van der Waals surface area contributed by atoms with E-state index >= 15 is 0 Å². The van der Waals surface area contributed by atoms with Crippen LogP contribution in [0, 0.1) is 40.9 Å². The van der Waals surface area contributed by atoms with E-state index in [1.807, 2.05) is 66.4 Å². The lowest BCUT2D eigenvalue weighted by Gasteiger charge is -2.43. The monoisotopic (exact) mass is 426 g/mol. The molecule has 7 nitrogen and oxygen atoms in total. The van der Waals surface area contributed by atoms with E-state index in [1.165, 1.54) is 0 Å². The van der Waals surface area contributed by atoms with Crippen molar-refractivity contribution in [1.29, 1.82) is 15.9 Å². The van der Waals surface area contributed by atoms with E-state index in [-0.39, 0.29) is 22.8 Å². The molecule has 1 aromatic carbocycles. The first-order valence-electron chi connectivity index (χ1n) is 10.4. The van der Waals surface area contributed by atoms with Crippen LogP contribution in [0.4, 0.5) is 0 Å². The van der Waals surface area contributed by atoms with Gasteiger partial charge in [0.05, 0.1) is 30.4 Å². The number of allylic oxidation sites excluding steroid dienone is 2. The fraction of sp³-hybridized carbons (Fsp3) is 0.320. The van der Waals surface area contributed by atoms with E-state index in [1.54, 1.807) is 7.11 Å². The smallest absolute Gasteiger partial charge is 0.217 e. The molecule has 1 fully saturated rings. The minimum atomic E-state index is -1.44. The number of aryl methyl sites for hydroxylation is 1. The Labute approximate surface area is 187 Å². The minimum Gasteiger partial charge on any atom is -0.496 e. The summed E-state index contributed by atoms with van der Waals surface area (Å²) in [5, 5.41) is 42.6. The third-order valence-corrected chi connectivity index (χ3v) is 6.29. The number of para-hydroxylation sites is 1. The Bertz CT molecular complexity index is 1210. The number of methoxy groups -OCH3 is 1. The zero-order chi connectivity index (χ0) is 22.9. The zero-order valence-corrected chi connectivity index (χ0v) is 18.0. The quantitative estimate of drug-likeness (QED) is 0.386. The molecule has 32 heavy (non-hydrogen) atoms.